The lowest BCUT2D eigenvalue weighted by molar-refractivity contribution is -0.150. The summed E-state index contributed by atoms with van der Waals surface area (Å²) in [6.07, 6.45) is 1.84. The molecule has 2 aromatic rings. The number of ether oxygens (including phenoxy) is 3. The SMILES string of the molecule is COc1cc(/C=C/C(=O)O[C@@H](C)C(=O)NCc2cccs2)cc(Cl)c1OC. The second kappa shape index (κ2) is 9.99. The molecule has 2 rings (SSSR count). The predicted octanol–water partition coefficient (Wildman–Crippen LogP) is 3.68. The molecule has 0 saturated carbocycles. The van der Waals surface area contributed by atoms with E-state index in [1.807, 2.05) is 17.5 Å². The van der Waals surface area contributed by atoms with Crippen LogP contribution in [0.4, 0.5) is 0 Å². The molecule has 1 aromatic heterocycles. The Labute approximate surface area is 166 Å². The smallest absolute Gasteiger partial charge is 0.331 e. The summed E-state index contributed by atoms with van der Waals surface area (Å²) in [4.78, 5) is 25.0. The van der Waals surface area contributed by atoms with Crippen molar-refractivity contribution in [2.45, 2.75) is 19.6 Å². The molecule has 0 bridgehead atoms. The molecule has 8 heteroatoms. The van der Waals surface area contributed by atoms with Crippen molar-refractivity contribution in [1.29, 1.82) is 0 Å². The number of esters is 1. The summed E-state index contributed by atoms with van der Waals surface area (Å²) in [5.74, 6) is -0.145. The van der Waals surface area contributed by atoms with E-state index in [0.29, 0.717) is 28.6 Å². The van der Waals surface area contributed by atoms with Crippen LogP contribution < -0.4 is 14.8 Å². The Bertz CT molecular complexity index is 820. The van der Waals surface area contributed by atoms with Gasteiger partial charge in [-0.3, -0.25) is 4.79 Å². The molecule has 1 aromatic carbocycles. The second-order valence-electron chi connectivity index (χ2n) is 5.45. The third-order valence-corrected chi connectivity index (χ3v) is 4.70. The molecular weight excluding hydrogens is 390 g/mol. The molecule has 1 heterocycles. The number of carbonyl (C=O) groups is 2. The number of thiophene rings is 1. The van der Waals surface area contributed by atoms with E-state index in [2.05, 4.69) is 5.32 Å². The molecule has 0 radical (unpaired) electrons. The number of carbonyl (C=O) groups excluding carboxylic acids is 2. The Hall–Kier alpha value is -2.51. The van der Waals surface area contributed by atoms with Crippen LogP contribution in [0.2, 0.25) is 5.02 Å². The van der Waals surface area contributed by atoms with Crippen LogP contribution >= 0.6 is 22.9 Å². The molecule has 144 valence electrons. The van der Waals surface area contributed by atoms with Gasteiger partial charge in [0.15, 0.2) is 17.6 Å². The van der Waals surface area contributed by atoms with E-state index in [1.54, 1.807) is 12.1 Å². The second-order valence-corrected chi connectivity index (χ2v) is 6.89. The van der Waals surface area contributed by atoms with Crippen molar-refractivity contribution >= 4 is 40.9 Å². The van der Waals surface area contributed by atoms with E-state index in [-0.39, 0.29) is 5.91 Å². The first kappa shape index (κ1) is 20.8. The Morgan fingerprint density at radius 1 is 1.30 bits per heavy atom. The molecule has 0 saturated heterocycles. The summed E-state index contributed by atoms with van der Waals surface area (Å²) >= 11 is 7.66. The summed E-state index contributed by atoms with van der Waals surface area (Å²) in [5, 5.41) is 5.00. The maximum atomic E-state index is 12.0. The fraction of sp³-hybridized carbons (Fsp3) is 0.263. The third-order valence-electron chi connectivity index (χ3n) is 3.55. The molecular formula is C19H20ClNO5S. The Morgan fingerprint density at radius 3 is 2.70 bits per heavy atom. The van der Waals surface area contributed by atoms with Crippen LogP contribution in [0.25, 0.3) is 6.08 Å². The minimum Gasteiger partial charge on any atom is -0.493 e. The molecule has 0 spiro atoms. The van der Waals surface area contributed by atoms with Gasteiger partial charge in [-0.2, -0.15) is 0 Å². The fourth-order valence-electron chi connectivity index (χ4n) is 2.20. The molecule has 0 aliphatic carbocycles. The summed E-state index contributed by atoms with van der Waals surface area (Å²) < 4.78 is 15.5. The molecule has 1 amide bonds. The average molecular weight is 410 g/mol. The van der Waals surface area contributed by atoms with Crippen molar-refractivity contribution in [2.24, 2.45) is 0 Å². The number of hydrogen-bond acceptors (Lipinski definition) is 6. The number of amides is 1. The quantitative estimate of drug-likeness (QED) is 0.531. The zero-order valence-electron chi connectivity index (χ0n) is 15.2. The van der Waals surface area contributed by atoms with E-state index in [1.165, 1.54) is 44.6 Å². The molecule has 6 nitrogen and oxygen atoms in total. The average Bonchev–Trinajstić information content (AvgIpc) is 3.17. The van der Waals surface area contributed by atoms with E-state index in [0.717, 1.165) is 4.88 Å². The van der Waals surface area contributed by atoms with Crippen molar-refractivity contribution in [2.75, 3.05) is 14.2 Å². The first-order valence-corrected chi connectivity index (χ1v) is 9.30. The minimum atomic E-state index is -0.906. The highest BCUT2D eigenvalue weighted by Gasteiger charge is 2.16. The normalized spacial score (nSPS) is 11.9. The van der Waals surface area contributed by atoms with Crippen molar-refractivity contribution in [3.8, 4) is 11.5 Å². The Morgan fingerprint density at radius 2 is 2.07 bits per heavy atom. The highest BCUT2D eigenvalue weighted by molar-refractivity contribution is 7.09. The van der Waals surface area contributed by atoms with E-state index >= 15 is 0 Å². The molecule has 0 aliphatic rings. The maximum Gasteiger partial charge on any atom is 0.331 e. The van der Waals surface area contributed by atoms with Crippen molar-refractivity contribution in [3.05, 3.63) is 51.2 Å². The molecule has 0 unspecified atom stereocenters. The van der Waals surface area contributed by atoms with Crippen LogP contribution in [0.1, 0.15) is 17.4 Å². The van der Waals surface area contributed by atoms with Gasteiger partial charge in [0.25, 0.3) is 5.91 Å². The van der Waals surface area contributed by atoms with Gasteiger partial charge in [-0.15, -0.1) is 11.3 Å². The summed E-state index contributed by atoms with van der Waals surface area (Å²) in [5.41, 5.74) is 0.629. The van der Waals surface area contributed by atoms with Crippen LogP contribution in [0, 0.1) is 0 Å². The molecule has 1 N–H and O–H groups in total. The lowest BCUT2D eigenvalue weighted by Crippen LogP contribution is -2.34. The van der Waals surface area contributed by atoms with Gasteiger partial charge in [0, 0.05) is 11.0 Å². The van der Waals surface area contributed by atoms with Gasteiger partial charge >= 0.3 is 5.97 Å². The summed E-state index contributed by atoms with van der Waals surface area (Å²) in [7, 11) is 2.98. The topological polar surface area (TPSA) is 73.9 Å². The zero-order chi connectivity index (χ0) is 19.8. The van der Waals surface area contributed by atoms with E-state index < -0.39 is 12.1 Å². The molecule has 0 fully saturated rings. The van der Waals surface area contributed by atoms with Crippen LogP contribution in [0.3, 0.4) is 0 Å². The van der Waals surface area contributed by atoms with Gasteiger partial charge < -0.3 is 19.5 Å². The van der Waals surface area contributed by atoms with Crippen molar-refractivity contribution in [1.82, 2.24) is 5.32 Å². The van der Waals surface area contributed by atoms with Crippen molar-refractivity contribution in [3.63, 3.8) is 0 Å². The summed E-state index contributed by atoms with van der Waals surface area (Å²) in [6.45, 7) is 1.92. The standard InChI is InChI=1S/C19H20ClNO5S/c1-12(19(23)21-11-14-5-4-8-27-14)26-17(22)7-6-13-9-15(20)18(25-3)16(10-13)24-2/h4-10,12H,11H2,1-3H3,(H,21,23)/b7-6+/t12-/m0/s1. The van der Waals surface area contributed by atoms with Gasteiger partial charge in [-0.05, 0) is 42.1 Å². The Balaban J connectivity index is 1.92. The van der Waals surface area contributed by atoms with Crippen LogP contribution in [0.15, 0.2) is 35.7 Å². The lowest BCUT2D eigenvalue weighted by Gasteiger charge is -2.12. The number of hydrogen-bond donors (Lipinski definition) is 1. The fourth-order valence-corrected chi connectivity index (χ4v) is 3.14. The first-order chi connectivity index (χ1) is 12.9. The van der Waals surface area contributed by atoms with Crippen LogP contribution in [-0.4, -0.2) is 32.2 Å². The van der Waals surface area contributed by atoms with Gasteiger partial charge in [-0.1, -0.05) is 17.7 Å². The third kappa shape index (κ3) is 6.01. The zero-order valence-corrected chi connectivity index (χ0v) is 16.7. The lowest BCUT2D eigenvalue weighted by atomic mass is 10.2. The number of methoxy groups -OCH3 is 2. The van der Waals surface area contributed by atoms with Gasteiger partial charge in [0.05, 0.1) is 25.8 Å². The number of nitrogens with one attached hydrogen (secondary N) is 1. The largest absolute Gasteiger partial charge is 0.493 e. The number of rotatable bonds is 8. The first-order valence-electron chi connectivity index (χ1n) is 8.05. The number of halogens is 1. The highest BCUT2D eigenvalue weighted by atomic mass is 35.5. The maximum absolute atomic E-state index is 12.0. The molecule has 0 aliphatic heterocycles. The molecule has 1 atom stereocenters. The van der Waals surface area contributed by atoms with E-state index in [9.17, 15) is 9.59 Å². The van der Waals surface area contributed by atoms with Crippen molar-refractivity contribution < 1.29 is 23.8 Å². The molecule has 27 heavy (non-hydrogen) atoms. The predicted molar refractivity (Wildman–Crippen MR) is 105 cm³/mol. The van der Waals surface area contributed by atoms with Gasteiger partial charge in [-0.25, -0.2) is 4.79 Å². The van der Waals surface area contributed by atoms with E-state index in [4.69, 9.17) is 25.8 Å². The Kier molecular flexibility index (Phi) is 7.69. The summed E-state index contributed by atoms with van der Waals surface area (Å²) in [6, 6.07) is 7.12. The van der Waals surface area contributed by atoms with Crippen LogP contribution in [-0.2, 0) is 20.9 Å². The van der Waals surface area contributed by atoms with Gasteiger partial charge in [0.2, 0.25) is 0 Å². The van der Waals surface area contributed by atoms with Crippen LogP contribution in [0.5, 0.6) is 11.5 Å². The van der Waals surface area contributed by atoms with Gasteiger partial charge in [0.1, 0.15) is 0 Å². The monoisotopic (exact) mass is 409 g/mol. The highest BCUT2D eigenvalue weighted by Crippen LogP contribution is 2.36. The number of benzene rings is 1. The minimum absolute atomic E-state index is 0.353.